The van der Waals surface area contributed by atoms with Crippen LogP contribution in [0.5, 0.6) is 0 Å². The lowest BCUT2D eigenvalue weighted by Gasteiger charge is -2.48. The van der Waals surface area contributed by atoms with Crippen LogP contribution in [-0.4, -0.2) is 6.71 Å². The van der Waals surface area contributed by atoms with E-state index in [0.29, 0.717) is 5.92 Å². The second-order valence-corrected chi connectivity index (χ2v) is 27.9. The quantitative estimate of drug-likeness (QED) is 0.121. The van der Waals surface area contributed by atoms with Crippen LogP contribution in [0.4, 0.5) is 34.1 Å². The fourth-order valence-corrected chi connectivity index (χ4v) is 17.4. The number of allylic oxidation sites excluding steroid dienone is 2. The predicted molar refractivity (Wildman–Crippen MR) is 303 cm³/mol. The van der Waals surface area contributed by atoms with E-state index < -0.39 is 0 Å². The van der Waals surface area contributed by atoms with Crippen molar-refractivity contribution in [1.29, 1.82) is 0 Å². The average molecular weight is 941 g/mol. The van der Waals surface area contributed by atoms with E-state index in [4.69, 9.17) is 0 Å². The molecule has 0 amide bonds. The molecule has 3 heterocycles. The maximum absolute atomic E-state index is 2.84. The van der Waals surface area contributed by atoms with Gasteiger partial charge in [0.25, 0.3) is 6.71 Å². The zero-order valence-electron chi connectivity index (χ0n) is 44.6. The van der Waals surface area contributed by atoms with Gasteiger partial charge in [0.05, 0.1) is 5.69 Å². The third kappa shape index (κ3) is 6.48. The number of nitrogens with zero attached hydrogens (tertiary/aromatic N) is 2. The van der Waals surface area contributed by atoms with Gasteiger partial charge in [-0.15, -0.1) is 11.3 Å². The van der Waals surface area contributed by atoms with Crippen LogP contribution in [0.3, 0.4) is 0 Å². The maximum atomic E-state index is 2.84. The number of aryl methyl sites for hydroxylation is 1. The van der Waals surface area contributed by atoms with Crippen LogP contribution in [0, 0.1) is 29.6 Å². The van der Waals surface area contributed by atoms with Crippen molar-refractivity contribution in [2.45, 2.75) is 174 Å². The van der Waals surface area contributed by atoms with Crippen molar-refractivity contribution in [2.75, 3.05) is 9.80 Å². The van der Waals surface area contributed by atoms with Crippen LogP contribution < -0.4 is 25.5 Å². The monoisotopic (exact) mass is 941 g/mol. The minimum Gasteiger partial charge on any atom is -0.311 e. The van der Waals surface area contributed by atoms with E-state index in [1.807, 2.05) is 11.3 Å². The summed E-state index contributed by atoms with van der Waals surface area (Å²) in [5, 5.41) is 1.37. The molecule has 7 aliphatic rings. The Kier molecular flexibility index (Phi) is 9.88. The first-order valence-corrected chi connectivity index (χ1v) is 28.6. The van der Waals surface area contributed by atoms with Gasteiger partial charge in [-0.1, -0.05) is 144 Å². The van der Waals surface area contributed by atoms with Crippen molar-refractivity contribution in [1.82, 2.24) is 0 Å². The number of benzene rings is 5. The largest absolute Gasteiger partial charge is 0.311 e. The molecule has 3 unspecified atom stereocenters. The summed E-state index contributed by atoms with van der Waals surface area (Å²) in [4.78, 5) is 5.56. The predicted octanol–water partition coefficient (Wildman–Crippen LogP) is 16.5. The van der Waals surface area contributed by atoms with Crippen molar-refractivity contribution in [3.8, 4) is 0 Å². The molecule has 13 rings (SSSR count). The number of thiophene rings is 1. The van der Waals surface area contributed by atoms with Gasteiger partial charge in [0.15, 0.2) is 0 Å². The summed E-state index contributed by atoms with van der Waals surface area (Å²) in [6.07, 6.45) is 15.2. The van der Waals surface area contributed by atoms with Crippen molar-refractivity contribution in [3.05, 3.63) is 136 Å². The molecule has 2 fully saturated rings. The third-order valence-electron chi connectivity index (χ3n) is 20.6. The minimum absolute atomic E-state index is 0.0717. The molecule has 0 N–H and O–H groups in total. The fourth-order valence-electron chi connectivity index (χ4n) is 16.0. The first-order valence-electron chi connectivity index (χ1n) is 27.7. The summed E-state index contributed by atoms with van der Waals surface area (Å²) in [6.45, 7) is 30.3. The zero-order valence-corrected chi connectivity index (χ0v) is 45.4. The highest BCUT2D eigenvalue weighted by atomic mass is 32.1. The van der Waals surface area contributed by atoms with Crippen molar-refractivity contribution in [3.63, 3.8) is 0 Å². The summed E-state index contributed by atoms with van der Waals surface area (Å²) in [5.74, 6) is 3.78. The van der Waals surface area contributed by atoms with Gasteiger partial charge in [-0.3, -0.25) is 0 Å². The average Bonchev–Trinajstić information content (AvgIpc) is 3.85. The van der Waals surface area contributed by atoms with Crippen LogP contribution >= 0.6 is 11.3 Å². The standard InChI is InChI=1S/C66H77BN2S/c1-13-14-17-41-20-22-44(23-21-41)69-57-33-43(66(12)37-48-39(2)30-42-31-47(48)49(38-66)40(42)3)32-56-59(57)67(61-60(69)46-18-15-16-19-58(46)70-61)54-35-52-53(65(10,11)29-28-64(52,8)9)36-55(54)68(56)45-24-25-50-51(34-45)63(6,7)27-26-62(50,4)5/h15-16,18-25,32-37,39-40,42,47,49H,13-14,17,26-31,38H2,1-12H3/t39-,40?,42?,47-,49?,66+/m1/s1. The van der Waals surface area contributed by atoms with E-state index >= 15 is 0 Å². The highest BCUT2D eigenvalue weighted by molar-refractivity contribution is 7.33. The Balaban J connectivity index is 1.15. The number of rotatable bonds is 6. The van der Waals surface area contributed by atoms with Crippen LogP contribution in [0.1, 0.15) is 174 Å². The molecule has 6 atom stereocenters. The summed E-state index contributed by atoms with van der Waals surface area (Å²) in [5.41, 5.74) is 22.2. The molecular formula is C66H77BN2S. The fraction of sp³-hybridized carbons (Fsp3) is 0.485. The highest BCUT2D eigenvalue weighted by Gasteiger charge is 2.54. The molecule has 360 valence electrons. The molecule has 2 bridgehead atoms. The Hall–Kier alpha value is -4.54. The summed E-state index contributed by atoms with van der Waals surface area (Å²) in [7, 11) is 0. The van der Waals surface area contributed by atoms with Gasteiger partial charge < -0.3 is 9.80 Å². The van der Waals surface area contributed by atoms with E-state index in [1.54, 1.807) is 16.7 Å². The Morgan fingerprint density at radius 2 is 1.27 bits per heavy atom. The number of fused-ring (bicyclic) bond motifs is 9. The smallest absolute Gasteiger partial charge is 0.264 e. The van der Waals surface area contributed by atoms with Gasteiger partial charge in [-0.05, 0) is 202 Å². The van der Waals surface area contributed by atoms with Crippen LogP contribution in [0.25, 0.3) is 10.1 Å². The number of hydrogen-bond donors (Lipinski definition) is 0. The van der Waals surface area contributed by atoms with Crippen LogP contribution in [-0.2, 0) is 33.5 Å². The molecule has 2 aliphatic heterocycles. The first kappa shape index (κ1) is 45.3. The Bertz CT molecular complexity index is 3180. The summed E-state index contributed by atoms with van der Waals surface area (Å²) < 4.78 is 2.86. The van der Waals surface area contributed by atoms with Crippen LogP contribution in [0.15, 0.2) is 103 Å². The zero-order chi connectivity index (χ0) is 48.6. The summed E-state index contributed by atoms with van der Waals surface area (Å²) >= 11 is 2.05. The molecule has 0 spiro atoms. The molecule has 0 saturated heterocycles. The van der Waals surface area contributed by atoms with E-state index in [9.17, 15) is 0 Å². The van der Waals surface area contributed by atoms with Crippen molar-refractivity contribution >= 4 is 78.0 Å². The second-order valence-electron chi connectivity index (χ2n) is 26.9. The van der Waals surface area contributed by atoms with Gasteiger partial charge in [0.2, 0.25) is 0 Å². The van der Waals surface area contributed by atoms with E-state index in [-0.39, 0.29) is 33.8 Å². The Morgan fingerprint density at radius 1 is 0.643 bits per heavy atom. The Morgan fingerprint density at radius 3 is 1.97 bits per heavy atom. The van der Waals surface area contributed by atoms with Crippen molar-refractivity contribution < 1.29 is 0 Å². The molecule has 70 heavy (non-hydrogen) atoms. The first-order chi connectivity index (χ1) is 33.3. The molecule has 0 radical (unpaired) electrons. The SMILES string of the molecule is CCCCc1ccc(N2c3cc([C@@]4(C)C=C5[C@H](C)CC6C[C@H]5C(C4)C6C)cc4c3B(c3cc5c(cc3N4c3ccc4c(c3)C(C)(C)CCC4(C)C)C(C)(C)CCC5(C)C)c3sc4ccccc4c32)cc1. The molecular weight excluding hydrogens is 864 g/mol. The number of unbranched alkanes of at least 4 members (excludes halogenated alkanes) is 1. The van der Waals surface area contributed by atoms with Gasteiger partial charge in [0, 0.05) is 48.7 Å². The normalized spacial score (nSPS) is 27.9. The van der Waals surface area contributed by atoms with E-state index in [0.717, 1.165) is 30.1 Å². The second kappa shape index (κ2) is 15.3. The lowest BCUT2D eigenvalue weighted by Crippen LogP contribution is -2.61. The maximum Gasteiger partial charge on any atom is 0.264 e. The molecule has 2 saturated carbocycles. The minimum atomic E-state index is -0.0956. The molecule has 6 aromatic rings. The number of hydrogen-bond acceptors (Lipinski definition) is 3. The third-order valence-corrected chi connectivity index (χ3v) is 21.8. The van der Waals surface area contributed by atoms with Gasteiger partial charge in [-0.25, -0.2) is 0 Å². The van der Waals surface area contributed by atoms with Crippen molar-refractivity contribution in [2.24, 2.45) is 29.6 Å². The highest BCUT2D eigenvalue weighted by Crippen LogP contribution is 2.62. The van der Waals surface area contributed by atoms with Crippen LogP contribution in [0.2, 0.25) is 0 Å². The lowest BCUT2D eigenvalue weighted by molar-refractivity contribution is 0.258. The van der Waals surface area contributed by atoms with E-state index in [2.05, 4.69) is 190 Å². The Labute approximate surface area is 425 Å². The molecule has 4 heteroatoms. The molecule has 1 aromatic heterocycles. The van der Waals surface area contributed by atoms with Gasteiger partial charge >= 0.3 is 0 Å². The molecule has 5 aromatic carbocycles. The molecule has 2 nitrogen and oxygen atoms in total. The lowest BCUT2D eigenvalue weighted by atomic mass is 9.35. The number of anilines is 6. The van der Waals surface area contributed by atoms with Gasteiger partial charge in [0.1, 0.15) is 0 Å². The van der Waals surface area contributed by atoms with Gasteiger partial charge in [-0.2, -0.15) is 0 Å². The molecule has 5 aliphatic carbocycles. The topological polar surface area (TPSA) is 6.48 Å². The summed E-state index contributed by atoms with van der Waals surface area (Å²) in [6, 6.07) is 37.8. The van der Waals surface area contributed by atoms with E-state index in [1.165, 1.54) is 140 Å².